The zero-order valence-corrected chi connectivity index (χ0v) is 8.87. The van der Waals surface area contributed by atoms with Gasteiger partial charge in [0.05, 0.1) is 0 Å². The maximum Gasteiger partial charge on any atom is 0.406 e. The molecule has 1 N–H and O–H groups in total. The summed E-state index contributed by atoms with van der Waals surface area (Å²) < 4.78 is 38.1. The first-order valence-corrected chi connectivity index (χ1v) is 5.88. The van der Waals surface area contributed by atoms with E-state index in [1.165, 1.54) is 12.8 Å². The number of alkyl halides is 3. The van der Waals surface area contributed by atoms with Crippen molar-refractivity contribution in [2.75, 3.05) is 0 Å². The highest BCUT2D eigenvalue weighted by atomic mass is 19.4. The average Bonchev–Trinajstić information content (AvgIpc) is 2.90. The second-order valence-electron chi connectivity index (χ2n) is 4.91. The SMILES string of the molecule is FC(F)(F)C1(NC2CCCCCC2)CC1. The minimum absolute atomic E-state index is 0.0941. The third kappa shape index (κ3) is 2.47. The van der Waals surface area contributed by atoms with E-state index in [0.29, 0.717) is 0 Å². The normalized spacial score (nSPS) is 27.4. The lowest BCUT2D eigenvalue weighted by molar-refractivity contribution is -0.168. The van der Waals surface area contributed by atoms with Crippen LogP contribution in [0.5, 0.6) is 0 Å². The molecule has 0 amide bonds. The zero-order chi connectivity index (χ0) is 10.9. The summed E-state index contributed by atoms with van der Waals surface area (Å²) in [4.78, 5) is 0. The highest BCUT2D eigenvalue weighted by Crippen LogP contribution is 2.49. The molecule has 0 saturated heterocycles. The summed E-state index contributed by atoms with van der Waals surface area (Å²) in [7, 11) is 0. The van der Waals surface area contributed by atoms with Crippen molar-refractivity contribution in [3.63, 3.8) is 0 Å². The molecule has 0 atom stereocenters. The van der Waals surface area contributed by atoms with Gasteiger partial charge in [-0.3, -0.25) is 0 Å². The molecule has 2 rings (SSSR count). The quantitative estimate of drug-likeness (QED) is 0.705. The summed E-state index contributed by atoms with van der Waals surface area (Å²) in [6.45, 7) is 0. The molecule has 2 aliphatic rings. The van der Waals surface area contributed by atoms with Crippen LogP contribution in [-0.2, 0) is 0 Å². The fourth-order valence-corrected chi connectivity index (χ4v) is 2.45. The van der Waals surface area contributed by atoms with Crippen molar-refractivity contribution in [3.05, 3.63) is 0 Å². The van der Waals surface area contributed by atoms with Crippen LogP contribution in [0.4, 0.5) is 13.2 Å². The molecule has 0 bridgehead atoms. The first-order chi connectivity index (χ1) is 7.04. The van der Waals surface area contributed by atoms with Gasteiger partial charge in [-0.15, -0.1) is 0 Å². The Labute approximate surface area is 88.4 Å². The molecule has 2 fully saturated rings. The van der Waals surface area contributed by atoms with Crippen molar-refractivity contribution in [3.8, 4) is 0 Å². The van der Waals surface area contributed by atoms with Crippen LogP contribution in [0.3, 0.4) is 0 Å². The highest BCUT2D eigenvalue weighted by Gasteiger charge is 2.63. The number of hydrogen-bond acceptors (Lipinski definition) is 1. The van der Waals surface area contributed by atoms with Gasteiger partial charge in [0.15, 0.2) is 0 Å². The minimum Gasteiger partial charge on any atom is -0.301 e. The van der Waals surface area contributed by atoms with E-state index in [9.17, 15) is 13.2 Å². The maximum atomic E-state index is 12.7. The molecule has 0 aliphatic heterocycles. The Bertz CT molecular complexity index is 212. The summed E-state index contributed by atoms with van der Waals surface area (Å²) in [6, 6.07) is 0.0941. The first kappa shape index (κ1) is 11.2. The van der Waals surface area contributed by atoms with Crippen molar-refractivity contribution in [2.45, 2.75) is 69.1 Å². The van der Waals surface area contributed by atoms with Crippen molar-refractivity contribution < 1.29 is 13.2 Å². The van der Waals surface area contributed by atoms with E-state index in [-0.39, 0.29) is 18.9 Å². The van der Waals surface area contributed by atoms with Crippen LogP contribution in [0.1, 0.15) is 51.4 Å². The molecule has 4 heteroatoms. The van der Waals surface area contributed by atoms with Gasteiger partial charge in [-0.25, -0.2) is 0 Å². The summed E-state index contributed by atoms with van der Waals surface area (Å²) in [6.07, 6.45) is 2.82. The number of hydrogen-bond donors (Lipinski definition) is 1. The second-order valence-corrected chi connectivity index (χ2v) is 4.91. The van der Waals surface area contributed by atoms with Gasteiger partial charge in [0.1, 0.15) is 5.54 Å². The van der Waals surface area contributed by atoms with Gasteiger partial charge >= 0.3 is 6.18 Å². The van der Waals surface area contributed by atoms with Crippen molar-refractivity contribution in [2.24, 2.45) is 0 Å². The summed E-state index contributed by atoms with van der Waals surface area (Å²) in [5.74, 6) is 0. The standard InChI is InChI=1S/C11H18F3N/c12-11(13,14)10(7-8-10)15-9-5-3-1-2-4-6-9/h9,15H,1-8H2. The second kappa shape index (κ2) is 3.96. The summed E-state index contributed by atoms with van der Waals surface area (Å²) in [5.41, 5.74) is -1.51. The molecular weight excluding hydrogens is 203 g/mol. The Hall–Kier alpha value is -0.250. The van der Waals surface area contributed by atoms with Crippen LogP contribution < -0.4 is 5.32 Å². The molecule has 0 heterocycles. The molecular formula is C11H18F3N. The molecule has 0 spiro atoms. The van der Waals surface area contributed by atoms with Gasteiger partial charge < -0.3 is 5.32 Å². The van der Waals surface area contributed by atoms with E-state index in [4.69, 9.17) is 0 Å². The molecule has 0 aromatic carbocycles. The van der Waals surface area contributed by atoms with Crippen molar-refractivity contribution in [1.29, 1.82) is 0 Å². The van der Waals surface area contributed by atoms with Gasteiger partial charge in [-0.05, 0) is 25.7 Å². The predicted octanol–water partition coefficient (Wildman–Crippen LogP) is 3.39. The molecule has 0 radical (unpaired) electrons. The molecule has 1 nitrogen and oxygen atoms in total. The van der Waals surface area contributed by atoms with Gasteiger partial charge in [-0.2, -0.15) is 13.2 Å². The minimum atomic E-state index is -4.06. The first-order valence-electron chi connectivity index (χ1n) is 5.88. The largest absolute Gasteiger partial charge is 0.406 e. The molecule has 2 saturated carbocycles. The molecule has 0 aromatic heterocycles. The lowest BCUT2D eigenvalue weighted by Crippen LogP contribution is -2.49. The Kier molecular flexibility index (Phi) is 2.97. The van der Waals surface area contributed by atoms with Gasteiger partial charge in [0.25, 0.3) is 0 Å². The third-order valence-electron chi connectivity index (χ3n) is 3.63. The van der Waals surface area contributed by atoms with Crippen molar-refractivity contribution in [1.82, 2.24) is 5.32 Å². The van der Waals surface area contributed by atoms with Crippen LogP contribution in [0.15, 0.2) is 0 Å². The monoisotopic (exact) mass is 221 g/mol. The maximum absolute atomic E-state index is 12.7. The fraction of sp³-hybridized carbons (Fsp3) is 1.00. The van der Waals surface area contributed by atoms with Gasteiger partial charge in [-0.1, -0.05) is 25.7 Å². The fourth-order valence-electron chi connectivity index (χ4n) is 2.45. The van der Waals surface area contributed by atoms with E-state index < -0.39 is 11.7 Å². The van der Waals surface area contributed by atoms with E-state index in [0.717, 1.165) is 25.7 Å². The topological polar surface area (TPSA) is 12.0 Å². The van der Waals surface area contributed by atoms with Crippen LogP contribution in [0, 0.1) is 0 Å². The molecule has 15 heavy (non-hydrogen) atoms. The highest BCUT2D eigenvalue weighted by molar-refractivity contribution is 5.09. The molecule has 0 aromatic rings. The van der Waals surface area contributed by atoms with Gasteiger partial charge in [0.2, 0.25) is 0 Å². The number of halogens is 3. The van der Waals surface area contributed by atoms with Crippen LogP contribution in [0.25, 0.3) is 0 Å². The molecule has 0 unspecified atom stereocenters. The predicted molar refractivity (Wildman–Crippen MR) is 52.6 cm³/mol. The smallest absolute Gasteiger partial charge is 0.301 e. The van der Waals surface area contributed by atoms with E-state index in [2.05, 4.69) is 5.32 Å². The Balaban J connectivity index is 1.90. The van der Waals surface area contributed by atoms with E-state index >= 15 is 0 Å². The number of nitrogens with one attached hydrogen (secondary N) is 1. The van der Waals surface area contributed by atoms with Gasteiger partial charge in [0, 0.05) is 6.04 Å². The van der Waals surface area contributed by atoms with Crippen LogP contribution in [-0.4, -0.2) is 17.8 Å². The van der Waals surface area contributed by atoms with E-state index in [1.54, 1.807) is 0 Å². The lowest BCUT2D eigenvalue weighted by Gasteiger charge is -2.26. The van der Waals surface area contributed by atoms with Crippen LogP contribution in [0.2, 0.25) is 0 Å². The molecule has 88 valence electrons. The van der Waals surface area contributed by atoms with Crippen LogP contribution >= 0.6 is 0 Å². The van der Waals surface area contributed by atoms with Crippen molar-refractivity contribution >= 4 is 0 Å². The average molecular weight is 221 g/mol. The zero-order valence-electron chi connectivity index (χ0n) is 8.87. The number of rotatable bonds is 2. The molecule has 2 aliphatic carbocycles. The third-order valence-corrected chi connectivity index (χ3v) is 3.63. The Morgan fingerprint density at radius 1 is 0.933 bits per heavy atom. The Morgan fingerprint density at radius 2 is 1.47 bits per heavy atom. The van der Waals surface area contributed by atoms with E-state index in [1.807, 2.05) is 0 Å². The summed E-state index contributed by atoms with van der Waals surface area (Å²) in [5, 5.41) is 2.86. The Morgan fingerprint density at radius 3 is 1.87 bits per heavy atom. The summed E-state index contributed by atoms with van der Waals surface area (Å²) >= 11 is 0. The lowest BCUT2D eigenvalue weighted by atomic mass is 10.1.